The highest BCUT2D eigenvalue weighted by Crippen LogP contribution is 2.32. The average Bonchev–Trinajstić information content (AvgIpc) is 2.79. The van der Waals surface area contributed by atoms with Crippen LogP contribution < -0.4 is 5.32 Å². The van der Waals surface area contributed by atoms with Gasteiger partial charge in [-0.15, -0.1) is 0 Å². The van der Waals surface area contributed by atoms with E-state index in [1.54, 1.807) is 0 Å². The number of urea groups is 1. The number of carboxylic acids is 1. The fourth-order valence-corrected chi connectivity index (χ4v) is 2.16. The molecule has 6 nitrogen and oxygen atoms in total. The van der Waals surface area contributed by atoms with Crippen molar-refractivity contribution in [2.75, 3.05) is 6.54 Å². The summed E-state index contributed by atoms with van der Waals surface area (Å²) in [6.07, 6.45) is -4.71. The second-order valence-electron chi connectivity index (χ2n) is 4.66. The smallest absolute Gasteiger partial charge is 0.417 e. The Bertz CT molecular complexity index is 667. The van der Waals surface area contributed by atoms with Crippen LogP contribution in [0.2, 0.25) is 0 Å². The molecule has 2 amide bonds. The molecule has 0 bridgehead atoms. The van der Waals surface area contributed by atoms with Gasteiger partial charge in [0.05, 0.1) is 23.7 Å². The first kappa shape index (κ1) is 15.6. The molecule has 0 radical (unpaired) electrons. The van der Waals surface area contributed by atoms with Crippen molar-refractivity contribution in [2.45, 2.75) is 18.8 Å². The van der Waals surface area contributed by atoms with Crippen LogP contribution in [0.25, 0.3) is 0 Å². The van der Waals surface area contributed by atoms with Crippen molar-refractivity contribution >= 4 is 12.0 Å². The maximum absolute atomic E-state index is 12.9. The molecule has 0 aromatic heterocycles. The van der Waals surface area contributed by atoms with E-state index >= 15 is 0 Å². The minimum atomic E-state index is -4.71. The Hall–Kier alpha value is -2.76. The molecule has 1 aliphatic heterocycles. The largest absolute Gasteiger partial charge is 0.480 e. The Morgan fingerprint density at radius 2 is 2.18 bits per heavy atom. The molecule has 0 unspecified atom stereocenters. The van der Waals surface area contributed by atoms with Crippen molar-refractivity contribution in [1.29, 1.82) is 5.26 Å². The molecule has 0 spiro atoms. The van der Waals surface area contributed by atoms with Gasteiger partial charge in [-0.3, -0.25) is 0 Å². The minimum Gasteiger partial charge on any atom is -0.480 e. The van der Waals surface area contributed by atoms with Gasteiger partial charge in [0.25, 0.3) is 0 Å². The van der Waals surface area contributed by atoms with Crippen LogP contribution in [0.1, 0.15) is 16.7 Å². The summed E-state index contributed by atoms with van der Waals surface area (Å²) in [7, 11) is 0. The highest BCUT2D eigenvalue weighted by atomic mass is 19.4. The molecule has 2 rings (SSSR count). The predicted octanol–water partition coefficient (Wildman–Crippen LogP) is 1.56. The summed E-state index contributed by atoms with van der Waals surface area (Å²) >= 11 is 0. The van der Waals surface area contributed by atoms with Crippen LogP contribution >= 0.6 is 0 Å². The maximum Gasteiger partial charge on any atom is 0.417 e. The Balaban J connectivity index is 2.32. The summed E-state index contributed by atoms with van der Waals surface area (Å²) < 4.78 is 38.6. The first-order chi connectivity index (χ1) is 10.2. The Kier molecular flexibility index (Phi) is 3.95. The predicted molar refractivity (Wildman–Crippen MR) is 66.5 cm³/mol. The van der Waals surface area contributed by atoms with Crippen LogP contribution in [-0.2, 0) is 17.5 Å². The Labute approximate surface area is 122 Å². The van der Waals surface area contributed by atoms with E-state index in [9.17, 15) is 22.8 Å². The number of alkyl halides is 3. The van der Waals surface area contributed by atoms with Crippen molar-refractivity contribution in [2.24, 2.45) is 0 Å². The number of rotatable bonds is 3. The number of carboxylic acid groups (broad SMARTS) is 1. The van der Waals surface area contributed by atoms with Gasteiger partial charge in [0, 0.05) is 6.54 Å². The number of nitrogens with one attached hydrogen (secondary N) is 1. The summed E-state index contributed by atoms with van der Waals surface area (Å²) in [5, 5.41) is 20.0. The molecular weight excluding hydrogens is 303 g/mol. The Morgan fingerprint density at radius 3 is 2.73 bits per heavy atom. The first-order valence-corrected chi connectivity index (χ1v) is 6.11. The summed E-state index contributed by atoms with van der Waals surface area (Å²) in [5.74, 6) is -1.25. The molecule has 1 heterocycles. The SMILES string of the molecule is N#Cc1ccc(CN2C(=O)NC[C@@H]2C(=O)O)cc1C(F)(F)F. The van der Waals surface area contributed by atoms with Crippen molar-refractivity contribution in [3.8, 4) is 6.07 Å². The lowest BCUT2D eigenvalue weighted by Crippen LogP contribution is -2.39. The van der Waals surface area contributed by atoms with Gasteiger partial charge in [0.1, 0.15) is 6.04 Å². The number of hydrogen-bond acceptors (Lipinski definition) is 3. The van der Waals surface area contributed by atoms with Gasteiger partial charge in [-0.25, -0.2) is 9.59 Å². The summed E-state index contributed by atoms with van der Waals surface area (Å²) in [6, 6.07) is 2.67. The summed E-state index contributed by atoms with van der Waals surface area (Å²) in [4.78, 5) is 23.5. The van der Waals surface area contributed by atoms with Crippen LogP contribution in [-0.4, -0.2) is 34.6 Å². The number of benzene rings is 1. The van der Waals surface area contributed by atoms with Crippen LogP contribution in [0.3, 0.4) is 0 Å². The van der Waals surface area contributed by atoms with E-state index in [4.69, 9.17) is 10.4 Å². The molecular formula is C13H10F3N3O3. The summed E-state index contributed by atoms with van der Waals surface area (Å²) in [6.45, 7) is -0.409. The highest BCUT2D eigenvalue weighted by Gasteiger charge is 2.37. The van der Waals surface area contributed by atoms with E-state index in [1.807, 2.05) is 0 Å². The van der Waals surface area contributed by atoms with E-state index in [-0.39, 0.29) is 18.7 Å². The quantitative estimate of drug-likeness (QED) is 0.885. The number of nitriles is 1. The van der Waals surface area contributed by atoms with Gasteiger partial charge in [-0.1, -0.05) is 6.07 Å². The van der Waals surface area contributed by atoms with Crippen molar-refractivity contribution < 1.29 is 27.9 Å². The molecule has 1 saturated heterocycles. The lowest BCUT2D eigenvalue weighted by atomic mass is 10.0. The number of aliphatic carboxylic acids is 1. The van der Waals surface area contributed by atoms with Gasteiger partial charge in [-0.2, -0.15) is 18.4 Å². The van der Waals surface area contributed by atoms with Gasteiger partial charge >= 0.3 is 18.2 Å². The fraction of sp³-hybridized carbons (Fsp3) is 0.308. The molecule has 9 heteroatoms. The fourth-order valence-electron chi connectivity index (χ4n) is 2.16. The zero-order chi connectivity index (χ0) is 16.5. The number of carbonyl (C=O) groups is 2. The monoisotopic (exact) mass is 313 g/mol. The molecule has 0 saturated carbocycles. The van der Waals surface area contributed by atoms with Crippen molar-refractivity contribution in [1.82, 2.24) is 10.2 Å². The Morgan fingerprint density at radius 1 is 1.50 bits per heavy atom. The zero-order valence-electron chi connectivity index (χ0n) is 11.0. The van der Waals surface area contributed by atoms with Gasteiger partial charge in [0.15, 0.2) is 0 Å². The molecule has 116 valence electrons. The molecule has 1 atom stereocenters. The first-order valence-electron chi connectivity index (χ1n) is 6.11. The molecule has 0 aliphatic carbocycles. The molecule has 1 aromatic carbocycles. The number of carbonyl (C=O) groups excluding carboxylic acids is 1. The van der Waals surface area contributed by atoms with Gasteiger partial charge in [0.2, 0.25) is 0 Å². The average molecular weight is 313 g/mol. The second kappa shape index (κ2) is 5.55. The minimum absolute atomic E-state index is 0.0922. The third-order valence-corrected chi connectivity index (χ3v) is 3.23. The van der Waals surface area contributed by atoms with E-state index in [0.717, 1.165) is 17.0 Å². The van der Waals surface area contributed by atoms with Crippen LogP contribution in [0.5, 0.6) is 0 Å². The molecule has 2 N–H and O–H groups in total. The standard InChI is InChI=1S/C13H10F3N3O3/c14-13(15,16)9-3-7(1-2-8(9)4-17)6-19-10(11(20)21)5-18-12(19)22/h1-3,10H,5-6H2,(H,18,22)(H,20,21)/t10-/m1/s1. The number of hydrogen-bond donors (Lipinski definition) is 2. The van der Waals surface area contributed by atoms with Crippen LogP contribution in [0.15, 0.2) is 18.2 Å². The normalized spacial score (nSPS) is 18.0. The van der Waals surface area contributed by atoms with Gasteiger partial charge < -0.3 is 15.3 Å². The number of amides is 2. The zero-order valence-corrected chi connectivity index (χ0v) is 11.0. The number of nitrogens with zero attached hydrogens (tertiary/aromatic N) is 2. The van der Waals surface area contributed by atoms with Crippen molar-refractivity contribution in [3.63, 3.8) is 0 Å². The van der Waals surface area contributed by atoms with E-state index in [1.165, 1.54) is 12.1 Å². The van der Waals surface area contributed by atoms with E-state index in [2.05, 4.69) is 5.32 Å². The third kappa shape index (κ3) is 2.95. The molecule has 22 heavy (non-hydrogen) atoms. The highest BCUT2D eigenvalue weighted by molar-refractivity contribution is 5.86. The molecule has 1 aromatic rings. The van der Waals surface area contributed by atoms with E-state index in [0.29, 0.717) is 0 Å². The molecule has 1 fully saturated rings. The topological polar surface area (TPSA) is 93.4 Å². The van der Waals surface area contributed by atoms with Crippen LogP contribution in [0.4, 0.5) is 18.0 Å². The summed E-state index contributed by atoms with van der Waals surface area (Å²) in [5.41, 5.74) is -1.55. The second-order valence-corrected chi connectivity index (χ2v) is 4.66. The van der Waals surface area contributed by atoms with Crippen LogP contribution in [0, 0.1) is 11.3 Å². The molecule has 1 aliphatic rings. The van der Waals surface area contributed by atoms with E-state index < -0.39 is 35.3 Å². The van der Waals surface area contributed by atoms with Gasteiger partial charge in [-0.05, 0) is 17.7 Å². The number of halogens is 3. The maximum atomic E-state index is 12.9. The third-order valence-electron chi connectivity index (χ3n) is 3.23. The van der Waals surface area contributed by atoms with Crippen molar-refractivity contribution in [3.05, 3.63) is 34.9 Å². The lowest BCUT2D eigenvalue weighted by Gasteiger charge is -2.20. The lowest BCUT2D eigenvalue weighted by molar-refractivity contribution is -0.141.